The Morgan fingerprint density at radius 1 is 1.37 bits per heavy atom. The van der Waals surface area contributed by atoms with Crippen LogP contribution in [0.15, 0.2) is 35.1 Å². The molecule has 0 amide bonds. The van der Waals surface area contributed by atoms with Crippen molar-refractivity contribution in [3.63, 3.8) is 0 Å². The highest BCUT2D eigenvalue weighted by molar-refractivity contribution is 9.10. The van der Waals surface area contributed by atoms with Crippen LogP contribution in [0.3, 0.4) is 0 Å². The van der Waals surface area contributed by atoms with Gasteiger partial charge in [-0.05, 0) is 17.7 Å². The molecule has 0 spiro atoms. The van der Waals surface area contributed by atoms with E-state index in [-0.39, 0.29) is 0 Å². The lowest BCUT2D eigenvalue weighted by molar-refractivity contribution is 0.173. The SMILES string of the molecule is COc1cc(C(O)Cc2ccc(Br)cc2Cl)ncn1. The maximum absolute atomic E-state index is 10.2. The van der Waals surface area contributed by atoms with Gasteiger partial charge in [0.05, 0.1) is 12.8 Å². The molecule has 2 aromatic rings. The predicted molar refractivity (Wildman–Crippen MR) is 76.4 cm³/mol. The fourth-order valence-corrected chi connectivity index (χ4v) is 2.40. The second kappa shape index (κ2) is 6.32. The van der Waals surface area contributed by atoms with Gasteiger partial charge in [0.1, 0.15) is 12.4 Å². The van der Waals surface area contributed by atoms with Gasteiger partial charge in [0.15, 0.2) is 0 Å². The van der Waals surface area contributed by atoms with Gasteiger partial charge in [-0.15, -0.1) is 0 Å². The van der Waals surface area contributed by atoms with E-state index in [2.05, 4.69) is 25.9 Å². The minimum Gasteiger partial charge on any atom is -0.481 e. The Morgan fingerprint density at radius 2 is 2.16 bits per heavy atom. The zero-order chi connectivity index (χ0) is 13.8. The quantitative estimate of drug-likeness (QED) is 0.926. The molecule has 1 atom stereocenters. The normalized spacial score (nSPS) is 12.2. The van der Waals surface area contributed by atoms with Crippen molar-refractivity contribution in [3.05, 3.63) is 51.3 Å². The van der Waals surface area contributed by atoms with Crippen LogP contribution in [0.2, 0.25) is 5.02 Å². The Labute approximate surface area is 124 Å². The lowest BCUT2D eigenvalue weighted by atomic mass is 10.1. The Balaban J connectivity index is 2.17. The van der Waals surface area contributed by atoms with E-state index in [1.54, 1.807) is 12.1 Å². The summed E-state index contributed by atoms with van der Waals surface area (Å²) < 4.78 is 5.90. The van der Waals surface area contributed by atoms with E-state index in [1.165, 1.54) is 13.4 Å². The molecular formula is C13H12BrClN2O2. The molecule has 100 valence electrons. The van der Waals surface area contributed by atoms with Crippen molar-refractivity contribution in [1.29, 1.82) is 0 Å². The maximum atomic E-state index is 10.2. The molecule has 1 aromatic carbocycles. The summed E-state index contributed by atoms with van der Waals surface area (Å²) in [4.78, 5) is 7.94. The van der Waals surface area contributed by atoms with E-state index < -0.39 is 6.10 Å². The second-order valence-corrected chi connectivity index (χ2v) is 5.26. The number of benzene rings is 1. The summed E-state index contributed by atoms with van der Waals surface area (Å²) in [6.45, 7) is 0. The van der Waals surface area contributed by atoms with Crippen LogP contribution in [0, 0.1) is 0 Å². The predicted octanol–water partition coefficient (Wildman–Crippen LogP) is 3.18. The van der Waals surface area contributed by atoms with E-state index in [0.29, 0.717) is 23.0 Å². The van der Waals surface area contributed by atoms with Gasteiger partial charge in [-0.1, -0.05) is 33.6 Å². The number of hydrogen-bond donors (Lipinski definition) is 1. The number of halogens is 2. The molecule has 0 aliphatic heterocycles. The van der Waals surface area contributed by atoms with Crippen LogP contribution in [0.1, 0.15) is 17.4 Å². The first-order valence-corrected chi connectivity index (χ1v) is 6.75. The summed E-state index contributed by atoms with van der Waals surface area (Å²) in [6, 6.07) is 7.16. The third-order valence-electron chi connectivity index (χ3n) is 2.64. The summed E-state index contributed by atoms with van der Waals surface area (Å²) in [6.07, 6.45) is 0.989. The van der Waals surface area contributed by atoms with E-state index >= 15 is 0 Å². The first-order valence-electron chi connectivity index (χ1n) is 5.58. The molecule has 1 aromatic heterocycles. The van der Waals surface area contributed by atoms with Crippen molar-refractivity contribution >= 4 is 27.5 Å². The third-order valence-corrected chi connectivity index (χ3v) is 3.49. The molecule has 1 N–H and O–H groups in total. The lowest BCUT2D eigenvalue weighted by Crippen LogP contribution is -2.05. The van der Waals surface area contributed by atoms with Crippen LogP contribution >= 0.6 is 27.5 Å². The smallest absolute Gasteiger partial charge is 0.216 e. The van der Waals surface area contributed by atoms with Gasteiger partial charge in [0.2, 0.25) is 5.88 Å². The molecule has 0 saturated heterocycles. The van der Waals surface area contributed by atoms with Crippen LogP contribution in [0.5, 0.6) is 5.88 Å². The van der Waals surface area contributed by atoms with Gasteiger partial charge in [-0.3, -0.25) is 0 Å². The molecule has 0 aliphatic carbocycles. The number of nitrogens with zero attached hydrogens (tertiary/aromatic N) is 2. The summed E-state index contributed by atoms with van der Waals surface area (Å²) >= 11 is 9.46. The largest absolute Gasteiger partial charge is 0.481 e. The van der Waals surface area contributed by atoms with Crippen molar-refractivity contribution in [2.24, 2.45) is 0 Å². The Hall–Kier alpha value is -1.17. The van der Waals surface area contributed by atoms with Crippen molar-refractivity contribution in [3.8, 4) is 5.88 Å². The number of ether oxygens (including phenoxy) is 1. The fraction of sp³-hybridized carbons (Fsp3) is 0.231. The van der Waals surface area contributed by atoms with Crippen molar-refractivity contribution < 1.29 is 9.84 Å². The monoisotopic (exact) mass is 342 g/mol. The number of rotatable bonds is 4. The number of aliphatic hydroxyl groups is 1. The zero-order valence-electron chi connectivity index (χ0n) is 10.2. The van der Waals surface area contributed by atoms with E-state index in [0.717, 1.165) is 10.0 Å². The van der Waals surface area contributed by atoms with Crippen LogP contribution in [-0.4, -0.2) is 22.2 Å². The van der Waals surface area contributed by atoms with Crippen molar-refractivity contribution in [2.75, 3.05) is 7.11 Å². The van der Waals surface area contributed by atoms with Crippen LogP contribution in [0.25, 0.3) is 0 Å². The molecule has 2 rings (SSSR count). The Kier molecular flexibility index (Phi) is 4.74. The highest BCUT2D eigenvalue weighted by atomic mass is 79.9. The lowest BCUT2D eigenvalue weighted by Gasteiger charge is -2.12. The van der Waals surface area contributed by atoms with Gasteiger partial charge in [-0.2, -0.15) is 0 Å². The van der Waals surface area contributed by atoms with Gasteiger partial charge in [0, 0.05) is 22.0 Å². The molecule has 0 saturated carbocycles. The van der Waals surface area contributed by atoms with Gasteiger partial charge in [0.25, 0.3) is 0 Å². The molecule has 0 radical (unpaired) electrons. The minimum atomic E-state index is -0.754. The standard InChI is InChI=1S/C13H12BrClN2O2/c1-19-13-6-11(16-7-17-13)12(18)4-8-2-3-9(14)5-10(8)15/h2-3,5-7,12,18H,4H2,1H3. The second-order valence-electron chi connectivity index (χ2n) is 3.94. The highest BCUT2D eigenvalue weighted by Crippen LogP contribution is 2.26. The summed E-state index contributed by atoms with van der Waals surface area (Å²) in [5.41, 5.74) is 1.36. The number of methoxy groups -OCH3 is 1. The molecule has 1 heterocycles. The summed E-state index contributed by atoms with van der Waals surface area (Å²) in [5, 5.41) is 10.8. The highest BCUT2D eigenvalue weighted by Gasteiger charge is 2.13. The van der Waals surface area contributed by atoms with Crippen molar-refractivity contribution in [1.82, 2.24) is 9.97 Å². The molecule has 0 bridgehead atoms. The molecule has 1 unspecified atom stereocenters. The van der Waals surface area contributed by atoms with Gasteiger partial charge < -0.3 is 9.84 Å². The number of hydrogen-bond acceptors (Lipinski definition) is 4. The molecule has 19 heavy (non-hydrogen) atoms. The van der Waals surface area contributed by atoms with E-state index in [9.17, 15) is 5.11 Å². The molecule has 4 nitrogen and oxygen atoms in total. The molecular weight excluding hydrogens is 332 g/mol. The average Bonchev–Trinajstić information content (AvgIpc) is 2.42. The number of aliphatic hydroxyl groups excluding tert-OH is 1. The number of aromatic nitrogens is 2. The van der Waals surface area contributed by atoms with Crippen LogP contribution in [-0.2, 0) is 6.42 Å². The fourth-order valence-electron chi connectivity index (χ4n) is 1.65. The van der Waals surface area contributed by atoms with Crippen molar-refractivity contribution in [2.45, 2.75) is 12.5 Å². The van der Waals surface area contributed by atoms with Gasteiger partial charge in [-0.25, -0.2) is 9.97 Å². The minimum absolute atomic E-state index is 0.381. The zero-order valence-corrected chi connectivity index (χ0v) is 12.5. The first kappa shape index (κ1) is 14.2. The molecule has 6 heteroatoms. The van der Waals surface area contributed by atoms with E-state index in [1.807, 2.05) is 12.1 Å². The summed E-state index contributed by atoms with van der Waals surface area (Å²) in [7, 11) is 1.52. The summed E-state index contributed by atoms with van der Waals surface area (Å²) in [5.74, 6) is 0.422. The van der Waals surface area contributed by atoms with Crippen LogP contribution < -0.4 is 4.74 Å². The van der Waals surface area contributed by atoms with Crippen LogP contribution in [0.4, 0.5) is 0 Å². The van der Waals surface area contributed by atoms with Gasteiger partial charge >= 0.3 is 0 Å². The van der Waals surface area contributed by atoms with E-state index in [4.69, 9.17) is 16.3 Å². The molecule has 0 fully saturated rings. The topological polar surface area (TPSA) is 55.2 Å². The average molecular weight is 344 g/mol. The Bertz CT molecular complexity index is 580. The first-order chi connectivity index (χ1) is 9.10. The Morgan fingerprint density at radius 3 is 2.84 bits per heavy atom. The maximum Gasteiger partial charge on any atom is 0.216 e. The third kappa shape index (κ3) is 3.65. The molecule has 0 aliphatic rings.